The number of nitrogens with one attached hydrogen (secondary N) is 1. The Hall–Kier alpha value is -1.88. The number of anilines is 1. The summed E-state index contributed by atoms with van der Waals surface area (Å²) in [6.07, 6.45) is 0.633. The smallest absolute Gasteiger partial charge is 0.340 e. The minimum atomic E-state index is -0.529. The lowest BCUT2D eigenvalue weighted by molar-refractivity contribution is 0.0601. The fraction of sp³-hybridized carbons (Fsp3) is 0.200. The van der Waals surface area contributed by atoms with Crippen molar-refractivity contribution in [3.63, 3.8) is 0 Å². The van der Waals surface area contributed by atoms with E-state index in [2.05, 4.69) is 15.1 Å². The van der Waals surface area contributed by atoms with Gasteiger partial charge in [0.15, 0.2) is 6.29 Å². The van der Waals surface area contributed by atoms with Crippen molar-refractivity contribution < 1.29 is 19.2 Å². The van der Waals surface area contributed by atoms with Gasteiger partial charge in [-0.2, -0.15) is 0 Å². The third kappa shape index (κ3) is 2.32. The molecule has 0 fully saturated rings. The summed E-state index contributed by atoms with van der Waals surface area (Å²) in [6, 6.07) is 4.71. The minimum absolute atomic E-state index is 0.254. The van der Waals surface area contributed by atoms with Gasteiger partial charge in [-0.15, -0.1) is 0 Å². The summed E-state index contributed by atoms with van der Waals surface area (Å²) in [4.78, 5) is 26.8. The third-order valence-electron chi connectivity index (χ3n) is 1.83. The molecule has 0 bridgehead atoms. The maximum Gasteiger partial charge on any atom is 0.340 e. The molecule has 0 saturated carbocycles. The number of carbonyl (C=O) groups excluding carboxylic acids is 2. The zero-order valence-corrected chi connectivity index (χ0v) is 8.44. The third-order valence-corrected chi connectivity index (χ3v) is 1.83. The summed E-state index contributed by atoms with van der Waals surface area (Å²) in [5, 5.41) is 0. The van der Waals surface area contributed by atoms with Gasteiger partial charge in [-0.25, -0.2) is 4.79 Å². The molecule has 1 aromatic carbocycles. The van der Waals surface area contributed by atoms with Crippen LogP contribution in [0.15, 0.2) is 18.2 Å². The van der Waals surface area contributed by atoms with Crippen LogP contribution in [-0.4, -0.2) is 26.5 Å². The topological polar surface area (TPSA) is 64.6 Å². The molecule has 80 valence electrons. The minimum Gasteiger partial charge on any atom is -0.465 e. The van der Waals surface area contributed by atoms with Crippen molar-refractivity contribution in [2.24, 2.45) is 0 Å². The number of methoxy groups -OCH3 is 1. The molecule has 0 heterocycles. The predicted molar refractivity (Wildman–Crippen MR) is 53.8 cm³/mol. The molecule has 0 aromatic heterocycles. The lowest BCUT2D eigenvalue weighted by Crippen LogP contribution is -2.09. The maximum absolute atomic E-state index is 11.3. The zero-order valence-electron chi connectivity index (χ0n) is 8.44. The molecule has 0 aliphatic rings. The van der Waals surface area contributed by atoms with Crippen LogP contribution in [0.2, 0.25) is 0 Å². The van der Waals surface area contributed by atoms with Crippen LogP contribution in [-0.2, 0) is 9.57 Å². The van der Waals surface area contributed by atoms with Crippen LogP contribution in [0, 0.1) is 0 Å². The van der Waals surface area contributed by atoms with E-state index in [1.807, 2.05) is 0 Å². The molecule has 1 rings (SSSR count). The molecular weight excluding hydrogens is 198 g/mol. The normalized spacial score (nSPS) is 9.47. The molecule has 0 saturated heterocycles. The average molecular weight is 209 g/mol. The van der Waals surface area contributed by atoms with E-state index in [4.69, 9.17) is 0 Å². The van der Waals surface area contributed by atoms with Crippen molar-refractivity contribution in [2.45, 2.75) is 0 Å². The number of aldehydes is 1. The second-order valence-electron chi connectivity index (χ2n) is 2.69. The number of carbonyl (C=O) groups is 2. The van der Waals surface area contributed by atoms with E-state index in [1.54, 1.807) is 18.2 Å². The molecule has 0 spiro atoms. The van der Waals surface area contributed by atoms with Crippen LogP contribution in [0.25, 0.3) is 0 Å². The number of hydrogen-bond acceptors (Lipinski definition) is 5. The van der Waals surface area contributed by atoms with Gasteiger partial charge >= 0.3 is 5.97 Å². The van der Waals surface area contributed by atoms with Gasteiger partial charge < -0.3 is 4.74 Å². The number of para-hydroxylation sites is 1. The molecule has 1 aromatic rings. The van der Waals surface area contributed by atoms with Gasteiger partial charge in [0.05, 0.1) is 25.5 Å². The SMILES string of the molecule is CONc1c(C=O)cccc1C(=O)OC. The van der Waals surface area contributed by atoms with Crippen LogP contribution >= 0.6 is 0 Å². The van der Waals surface area contributed by atoms with Crippen molar-refractivity contribution in [2.75, 3.05) is 19.7 Å². The number of ether oxygens (including phenoxy) is 1. The van der Waals surface area contributed by atoms with Crippen LogP contribution in [0.5, 0.6) is 0 Å². The van der Waals surface area contributed by atoms with Crippen LogP contribution in [0.4, 0.5) is 5.69 Å². The first kappa shape index (κ1) is 11.2. The Morgan fingerprint density at radius 1 is 1.40 bits per heavy atom. The highest BCUT2D eigenvalue weighted by Gasteiger charge is 2.14. The molecule has 0 amide bonds. The van der Waals surface area contributed by atoms with Gasteiger partial charge in [-0.05, 0) is 12.1 Å². The number of esters is 1. The second kappa shape index (κ2) is 5.11. The van der Waals surface area contributed by atoms with Crippen LogP contribution < -0.4 is 5.48 Å². The Kier molecular flexibility index (Phi) is 3.82. The van der Waals surface area contributed by atoms with E-state index in [-0.39, 0.29) is 5.56 Å². The maximum atomic E-state index is 11.3. The predicted octanol–water partition coefficient (Wildman–Crippen LogP) is 1.26. The molecule has 0 aliphatic carbocycles. The summed E-state index contributed by atoms with van der Waals surface area (Å²) >= 11 is 0. The average Bonchev–Trinajstić information content (AvgIpc) is 2.28. The van der Waals surface area contributed by atoms with E-state index < -0.39 is 5.97 Å². The molecule has 0 atom stereocenters. The van der Waals surface area contributed by atoms with Crippen molar-refractivity contribution >= 4 is 17.9 Å². The summed E-state index contributed by atoms with van der Waals surface area (Å²) in [7, 11) is 2.66. The fourth-order valence-electron chi connectivity index (χ4n) is 1.16. The molecule has 0 radical (unpaired) electrons. The fourth-order valence-corrected chi connectivity index (χ4v) is 1.16. The Balaban J connectivity index is 3.24. The van der Waals surface area contributed by atoms with Gasteiger partial charge in [-0.1, -0.05) is 6.07 Å². The van der Waals surface area contributed by atoms with Gasteiger partial charge in [0.1, 0.15) is 0 Å². The molecule has 5 nitrogen and oxygen atoms in total. The summed E-state index contributed by atoms with van der Waals surface area (Å²) in [6.45, 7) is 0. The highest BCUT2D eigenvalue weighted by Crippen LogP contribution is 2.20. The first-order valence-electron chi connectivity index (χ1n) is 4.20. The lowest BCUT2D eigenvalue weighted by atomic mass is 10.1. The van der Waals surface area contributed by atoms with Gasteiger partial charge in [0.2, 0.25) is 0 Å². The summed E-state index contributed by atoms with van der Waals surface area (Å²) in [5.41, 5.74) is 3.37. The largest absolute Gasteiger partial charge is 0.465 e. The molecule has 0 unspecified atom stereocenters. The second-order valence-corrected chi connectivity index (χ2v) is 2.69. The molecule has 1 N–H and O–H groups in total. The Morgan fingerprint density at radius 3 is 2.67 bits per heavy atom. The van der Waals surface area contributed by atoms with Gasteiger partial charge in [-0.3, -0.25) is 15.1 Å². The Labute approximate surface area is 86.9 Å². The first-order valence-corrected chi connectivity index (χ1v) is 4.20. The van der Waals surface area contributed by atoms with Crippen molar-refractivity contribution in [3.8, 4) is 0 Å². The highest BCUT2D eigenvalue weighted by molar-refractivity contribution is 6.00. The van der Waals surface area contributed by atoms with E-state index in [0.29, 0.717) is 17.5 Å². The van der Waals surface area contributed by atoms with Crippen LogP contribution in [0.3, 0.4) is 0 Å². The Bertz CT molecular complexity index is 376. The van der Waals surface area contributed by atoms with Gasteiger partial charge in [0, 0.05) is 5.56 Å². The van der Waals surface area contributed by atoms with Crippen molar-refractivity contribution in [3.05, 3.63) is 29.3 Å². The standard InChI is InChI=1S/C10H11NO4/c1-14-10(13)8-5-3-4-7(6-12)9(8)11-15-2/h3-6,11H,1-2H3. The number of rotatable bonds is 4. The van der Waals surface area contributed by atoms with E-state index in [9.17, 15) is 9.59 Å². The van der Waals surface area contributed by atoms with E-state index in [1.165, 1.54) is 14.2 Å². The molecule has 15 heavy (non-hydrogen) atoms. The summed E-state index contributed by atoms with van der Waals surface area (Å²) in [5.74, 6) is -0.529. The van der Waals surface area contributed by atoms with Crippen molar-refractivity contribution in [1.29, 1.82) is 0 Å². The van der Waals surface area contributed by atoms with Crippen LogP contribution in [0.1, 0.15) is 20.7 Å². The highest BCUT2D eigenvalue weighted by atomic mass is 16.6. The molecule has 5 heteroatoms. The number of benzene rings is 1. The van der Waals surface area contributed by atoms with Gasteiger partial charge in [0.25, 0.3) is 0 Å². The van der Waals surface area contributed by atoms with Crippen molar-refractivity contribution in [1.82, 2.24) is 0 Å². The Morgan fingerprint density at radius 2 is 2.13 bits per heavy atom. The lowest BCUT2D eigenvalue weighted by Gasteiger charge is -2.10. The zero-order chi connectivity index (χ0) is 11.3. The summed E-state index contributed by atoms with van der Waals surface area (Å²) < 4.78 is 4.57. The molecule has 0 aliphatic heterocycles. The quantitative estimate of drug-likeness (QED) is 0.459. The first-order chi connectivity index (χ1) is 7.24. The molecular formula is C10H11NO4. The number of hydrogen-bond donors (Lipinski definition) is 1. The van der Waals surface area contributed by atoms with E-state index >= 15 is 0 Å². The van der Waals surface area contributed by atoms with E-state index in [0.717, 1.165) is 0 Å². The monoisotopic (exact) mass is 209 g/mol.